The summed E-state index contributed by atoms with van der Waals surface area (Å²) in [5.41, 5.74) is 1.31. The normalized spacial score (nSPS) is 19.6. The monoisotopic (exact) mass is 443 g/mol. The van der Waals surface area contributed by atoms with Crippen LogP contribution < -0.4 is 0 Å². The number of rotatable bonds is 9. The fourth-order valence-corrected chi connectivity index (χ4v) is 4.65. The Morgan fingerprint density at radius 1 is 0.906 bits per heavy atom. The molecule has 7 heteroatoms. The predicted molar refractivity (Wildman–Crippen MR) is 123 cm³/mol. The fourth-order valence-electron chi connectivity index (χ4n) is 4.65. The third-order valence-corrected chi connectivity index (χ3v) is 6.61. The fraction of sp³-hybridized carbons (Fsp3) is 0.640. The van der Waals surface area contributed by atoms with Crippen LogP contribution in [0.25, 0.3) is 0 Å². The molecule has 2 heterocycles. The van der Waals surface area contributed by atoms with Gasteiger partial charge in [-0.3, -0.25) is 19.3 Å². The minimum absolute atomic E-state index is 0.111. The second-order valence-electron chi connectivity index (χ2n) is 8.96. The zero-order valence-corrected chi connectivity index (χ0v) is 19.3. The lowest BCUT2D eigenvalue weighted by Crippen LogP contribution is -2.48. The van der Waals surface area contributed by atoms with E-state index in [0.29, 0.717) is 25.2 Å². The van der Waals surface area contributed by atoms with Crippen molar-refractivity contribution in [2.45, 2.75) is 51.5 Å². The molecule has 1 aromatic carbocycles. The number of methoxy groups -OCH3 is 1. The highest BCUT2D eigenvalue weighted by atomic mass is 16.5. The van der Waals surface area contributed by atoms with E-state index in [4.69, 9.17) is 0 Å². The Kier molecular flexibility index (Phi) is 9.53. The first-order chi connectivity index (χ1) is 15.5. The summed E-state index contributed by atoms with van der Waals surface area (Å²) in [6, 6.07) is 10.5. The lowest BCUT2D eigenvalue weighted by Gasteiger charge is -2.36. The van der Waals surface area contributed by atoms with Crippen molar-refractivity contribution in [2.75, 3.05) is 46.4 Å². The van der Waals surface area contributed by atoms with Crippen LogP contribution in [-0.2, 0) is 25.7 Å². The minimum atomic E-state index is -0.270. The summed E-state index contributed by atoms with van der Waals surface area (Å²) in [5, 5.41) is 0. The van der Waals surface area contributed by atoms with Gasteiger partial charge in [-0.2, -0.15) is 0 Å². The van der Waals surface area contributed by atoms with E-state index in [1.54, 1.807) is 0 Å². The highest BCUT2D eigenvalue weighted by molar-refractivity contribution is 5.77. The Morgan fingerprint density at radius 3 is 2.34 bits per heavy atom. The molecule has 2 amide bonds. The number of esters is 1. The third kappa shape index (κ3) is 7.62. The number of piperidine rings is 1. The minimum Gasteiger partial charge on any atom is -0.469 e. The maximum Gasteiger partial charge on any atom is 0.305 e. The van der Waals surface area contributed by atoms with Gasteiger partial charge in [0, 0.05) is 65.1 Å². The Balaban J connectivity index is 1.34. The number of nitrogens with zero attached hydrogens (tertiary/aromatic N) is 3. The second kappa shape index (κ2) is 12.6. The van der Waals surface area contributed by atoms with Crippen LogP contribution in [0.4, 0.5) is 0 Å². The zero-order valence-electron chi connectivity index (χ0n) is 19.3. The summed E-state index contributed by atoms with van der Waals surface area (Å²) in [4.78, 5) is 42.7. The highest BCUT2D eigenvalue weighted by Crippen LogP contribution is 2.23. The largest absolute Gasteiger partial charge is 0.469 e. The number of amides is 2. The first-order valence-electron chi connectivity index (χ1n) is 11.9. The molecule has 32 heavy (non-hydrogen) atoms. The van der Waals surface area contributed by atoms with E-state index in [2.05, 4.69) is 33.9 Å². The number of ether oxygens (including phenoxy) is 1. The van der Waals surface area contributed by atoms with Crippen LogP contribution in [0.5, 0.6) is 0 Å². The van der Waals surface area contributed by atoms with Gasteiger partial charge in [-0.05, 0) is 37.2 Å². The van der Waals surface area contributed by atoms with Gasteiger partial charge in [-0.25, -0.2) is 0 Å². The average molecular weight is 444 g/mol. The Morgan fingerprint density at radius 2 is 1.62 bits per heavy atom. The molecule has 3 rings (SSSR count). The summed E-state index contributed by atoms with van der Waals surface area (Å²) < 4.78 is 4.63. The van der Waals surface area contributed by atoms with Crippen LogP contribution in [0.15, 0.2) is 30.3 Å². The van der Waals surface area contributed by atoms with Gasteiger partial charge in [-0.1, -0.05) is 30.3 Å². The maximum absolute atomic E-state index is 12.7. The molecule has 176 valence electrons. The van der Waals surface area contributed by atoms with Crippen LogP contribution in [0.1, 0.15) is 50.5 Å². The number of carbonyl (C=O) groups excluding carboxylic acids is 3. The molecule has 2 fully saturated rings. The van der Waals surface area contributed by atoms with Gasteiger partial charge < -0.3 is 14.5 Å². The van der Waals surface area contributed by atoms with E-state index in [1.165, 1.54) is 12.7 Å². The highest BCUT2D eigenvalue weighted by Gasteiger charge is 2.26. The van der Waals surface area contributed by atoms with Crippen molar-refractivity contribution in [3.05, 3.63) is 35.9 Å². The van der Waals surface area contributed by atoms with Crippen molar-refractivity contribution in [3.63, 3.8) is 0 Å². The van der Waals surface area contributed by atoms with Crippen LogP contribution in [0.3, 0.4) is 0 Å². The Labute approximate surface area is 191 Å². The first-order valence-corrected chi connectivity index (χ1v) is 11.9. The number of piperazine rings is 1. The van der Waals surface area contributed by atoms with E-state index in [9.17, 15) is 14.4 Å². The molecule has 0 N–H and O–H groups in total. The van der Waals surface area contributed by atoms with Crippen molar-refractivity contribution in [1.82, 2.24) is 14.7 Å². The van der Waals surface area contributed by atoms with Crippen molar-refractivity contribution in [2.24, 2.45) is 5.92 Å². The van der Waals surface area contributed by atoms with E-state index in [0.717, 1.165) is 65.1 Å². The molecule has 7 nitrogen and oxygen atoms in total. The van der Waals surface area contributed by atoms with Gasteiger partial charge in [0.2, 0.25) is 11.8 Å². The van der Waals surface area contributed by atoms with E-state index in [1.807, 2.05) is 15.9 Å². The van der Waals surface area contributed by atoms with Crippen molar-refractivity contribution < 1.29 is 19.1 Å². The number of carbonyl (C=O) groups is 3. The summed E-state index contributed by atoms with van der Waals surface area (Å²) in [6.07, 6.45) is 4.66. The van der Waals surface area contributed by atoms with Crippen LogP contribution >= 0.6 is 0 Å². The Hall–Kier alpha value is -2.41. The molecule has 0 unspecified atom stereocenters. The van der Waals surface area contributed by atoms with Gasteiger partial charge in [0.1, 0.15) is 0 Å². The molecule has 0 aliphatic carbocycles. The summed E-state index contributed by atoms with van der Waals surface area (Å²) in [5.74, 6) is 0.468. The van der Waals surface area contributed by atoms with E-state index in [-0.39, 0.29) is 24.2 Å². The molecule has 0 spiro atoms. The van der Waals surface area contributed by atoms with Gasteiger partial charge in [0.25, 0.3) is 0 Å². The Bertz CT molecular complexity index is 747. The number of likely N-dealkylation sites (tertiary alicyclic amines) is 1. The molecule has 0 aromatic heterocycles. The lowest BCUT2D eigenvalue weighted by atomic mass is 9.92. The lowest BCUT2D eigenvalue weighted by molar-refractivity contribution is -0.141. The molecule has 2 aliphatic rings. The molecule has 0 bridgehead atoms. The predicted octanol–water partition coefficient (Wildman–Crippen LogP) is 2.69. The molecular weight excluding hydrogens is 406 g/mol. The van der Waals surface area contributed by atoms with Gasteiger partial charge in [-0.15, -0.1) is 0 Å². The van der Waals surface area contributed by atoms with E-state index < -0.39 is 0 Å². The molecular formula is C25H37N3O4. The molecule has 0 radical (unpaired) electrons. The van der Waals surface area contributed by atoms with Gasteiger partial charge >= 0.3 is 5.97 Å². The van der Waals surface area contributed by atoms with Crippen LogP contribution in [-0.4, -0.2) is 78.9 Å². The quantitative estimate of drug-likeness (QED) is 0.549. The van der Waals surface area contributed by atoms with E-state index >= 15 is 0 Å². The molecule has 2 aliphatic heterocycles. The topological polar surface area (TPSA) is 70.2 Å². The van der Waals surface area contributed by atoms with Crippen molar-refractivity contribution in [1.29, 1.82) is 0 Å². The summed E-state index contributed by atoms with van der Waals surface area (Å²) in [7, 11) is 1.37. The van der Waals surface area contributed by atoms with Crippen LogP contribution in [0.2, 0.25) is 0 Å². The maximum atomic E-state index is 12.7. The number of benzene rings is 1. The first kappa shape index (κ1) is 24.2. The third-order valence-electron chi connectivity index (χ3n) is 6.61. The molecule has 0 saturated carbocycles. The number of hydrogen-bond acceptors (Lipinski definition) is 5. The van der Waals surface area contributed by atoms with Gasteiger partial charge in [0.15, 0.2) is 0 Å². The van der Waals surface area contributed by atoms with Crippen molar-refractivity contribution >= 4 is 17.8 Å². The molecule has 1 atom stereocenters. The summed E-state index contributed by atoms with van der Waals surface area (Å²) >= 11 is 0. The standard InChI is InChI=1S/C25H37N3O4/c1-32-25(31)11-5-10-23(29)28-14-6-9-22(20-28)12-13-24(30)27-17-15-26(16-18-27)19-21-7-3-2-4-8-21/h2-4,7-8,22H,5-6,9-20H2,1H3/t22-/m0/s1. The SMILES string of the molecule is COC(=O)CCCC(=O)N1CCC[C@@H](CCC(=O)N2CCN(Cc3ccccc3)CC2)C1. The summed E-state index contributed by atoms with van der Waals surface area (Å²) in [6.45, 7) is 5.87. The average Bonchev–Trinajstić information content (AvgIpc) is 2.83. The molecule has 1 aromatic rings. The zero-order chi connectivity index (χ0) is 22.8. The second-order valence-corrected chi connectivity index (χ2v) is 8.96. The smallest absolute Gasteiger partial charge is 0.305 e. The molecule has 2 saturated heterocycles. The van der Waals surface area contributed by atoms with Crippen molar-refractivity contribution in [3.8, 4) is 0 Å². The number of hydrogen-bond donors (Lipinski definition) is 0. The van der Waals surface area contributed by atoms with Gasteiger partial charge in [0.05, 0.1) is 7.11 Å². The van der Waals surface area contributed by atoms with Crippen LogP contribution in [0, 0.1) is 5.92 Å².